The minimum atomic E-state index is -3.23. The predicted octanol–water partition coefficient (Wildman–Crippen LogP) is 1.91. The molecule has 0 N–H and O–H groups in total. The molecule has 3 fully saturated rings. The number of amides is 1. The standard InChI is InChI=1S/C23H26N8O3S/c24-11-8-23(9-12-28(13-10-23)35(33,34)19-6-7-19)30-15-17(14-25-30)20-2-1-3-21-26-22(27-31(20)21)29(16-32)18-4-5-18/h1-3,14-16,18-19H,4-10,12-13H2. The van der Waals surface area contributed by atoms with Gasteiger partial charge in [-0.15, -0.1) is 5.10 Å². The summed E-state index contributed by atoms with van der Waals surface area (Å²) in [4.78, 5) is 17.7. The summed E-state index contributed by atoms with van der Waals surface area (Å²) in [6.45, 7) is 0.779. The van der Waals surface area contributed by atoms with E-state index in [0.29, 0.717) is 37.5 Å². The van der Waals surface area contributed by atoms with Gasteiger partial charge in [-0.3, -0.25) is 14.4 Å². The number of anilines is 1. The van der Waals surface area contributed by atoms with Gasteiger partial charge in [-0.2, -0.15) is 15.3 Å². The Kier molecular flexibility index (Phi) is 5.16. The van der Waals surface area contributed by atoms with Crippen LogP contribution in [0, 0.1) is 11.3 Å². The molecule has 2 saturated carbocycles. The van der Waals surface area contributed by atoms with Gasteiger partial charge in [0.15, 0.2) is 5.65 Å². The second-order valence-electron chi connectivity index (χ2n) is 9.71. The Morgan fingerprint density at radius 1 is 1.20 bits per heavy atom. The molecular formula is C23H26N8O3S. The van der Waals surface area contributed by atoms with E-state index in [1.807, 2.05) is 29.1 Å². The molecule has 1 amide bonds. The van der Waals surface area contributed by atoms with Crippen LogP contribution in [-0.4, -0.2) is 67.9 Å². The molecule has 1 saturated heterocycles. The summed E-state index contributed by atoms with van der Waals surface area (Å²) in [6.07, 6.45) is 9.11. The third-order valence-electron chi connectivity index (χ3n) is 7.36. The molecule has 2 aliphatic carbocycles. The molecule has 4 heterocycles. The van der Waals surface area contributed by atoms with Gasteiger partial charge in [-0.25, -0.2) is 17.2 Å². The van der Waals surface area contributed by atoms with Gasteiger partial charge in [0.2, 0.25) is 16.4 Å². The monoisotopic (exact) mass is 494 g/mol. The molecule has 11 nitrogen and oxygen atoms in total. The van der Waals surface area contributed by atoms with E-state index in [2.05, 4.69) is 21.3 Å². The molecule has 6 rings (SSSR count). The molecule has 3 aromatic heterocycles. The number of sulfonamides is 1. The van der Waals surface area contributed by atoms with Gasteiger partial charge in [-0.05, 0) is 50.7 Å². The average molecular weight is 495 g/mol. The van der Waals surface area contributed by atoms with E-state index in [0.717, 1.165) is 43.4 Å². The van der Waals surface area contributed by atoms with Crippen molar-refractivity contribution >= 4 is 28.0 Å². The summed E-state index contributed by atoms with van der Waals surface area (Å²) in [5, 5.41) is 18.6. The van der Waals surface area contributed by atoms with Gasteiger partial charge in [0.05, 0.1) is 35.2 Å². The van der Waals surface area contributed by atoms with Crippen LogP contribution in [-0.2, 0) is 20.4 Å². The highest BCUT2D eigenvalue weighted by Gasteiger charge is 2.45. The molecule has 1 aliphatic heterocycles. The second kappa shape index (κ2) is 8.13. The molecule has 12 heteroatoms. The molecule has 0 spiro atoms. The smallest absolute Gasteiger partial charge is 0.252 e. The molecule has 0 aromatic carbocycles. The molecule has 0 radical (unpaired) electrons. The van der Waals surface area contributed by atoms with Crippen LogP contribution in [0.25, 0.3) is 16.9 Å². The summed E-state index contributed by atoms with van der Waals surface area (Å²) in [5.74, 6) is 0.382. The normalized spacial score (nSPS) is 20.5. The summed E-state index contributed by atoms with van der Waals surface area (Å²) in [6, 6.07) is 8.09. The van der Waals surface area contributed by atoms with E-state index < -0.39 is 15.6 Å². The molecule has 182 valence electrons. The fourth-order valence-corrected chi connectivity index (χ4v) is 6.80. The van der Waals surface area contributed by atoms with Crippen molar-refractivity contribution < 1.29 is 13.2 Å². The highest BCUT2D eigenvalue weighted by atomic mass is 32.2. The van der Waals surface area contributed by atoms with Gasteiger partial charge in [-0.1, -0.05) is 6.07 Å². The van der Waals surface area contributed by atoms with Gasteiger partial charge in [0.25, 0.3) is 5.95 Å². The maximum absolute atomic E-state index is 12.7. The Balaban J connectivity index is 1.30. The molecular weight excluding hydrogens is 468 g/mol. The third-order valence-corrected chi connectivity index (χ3v) is 9.76. The zero-order chi connectivity index (χ0) is 24.2. The summed E-state index contributed by atoms with van der Waals surface area (Å²) < 4.78 is 30.5. The highest BCUT2D eigenvalue weighted by molar-refractivity contribution is 7.90. The Labute approximate surface area is 203 Å². The molecule has 3 aliphatic rings. The second-order valence-corrected chi connectivity index (χ2v) is 11.9. The van der Waals surface area contributed by atoms with Crippen LogP contribution in [0.2, 0.25) is 0 Å². The summed E-state index contributed by atoms with van der Waals surface area (Å²) in [7, 11) is -3.23. The topological polar surface area (TPSA) is 129 Å². The minimum absolute atomic E-state index is 0.163. The number of piperidine rings is 1. The SMILES string of the molecule is N#CCC1(n2cc(-c3cccc4nc(N(C=O)C5CC5)nn34)cn2)CCN(S(=O)(=O)C2CC2)CC1. The van der Waals surface area contributed by atoms with Crippen molar-refractivity contribution in [2.75, 3.05) is 18.0 Å². The number of nitriles is 1. The Morgan fingerprint density at radius 3 is 2.63 bits per heavy atom. The minimum Gasteiger partial charge on any atom is -0.279 e. The Hall–Kier alpha value is -3.30. The van der Waals surface area contributed by atoms with Crippen molar-refractivity contribution in [2.24, 2.45) is 0 Å². The van der Waals surface area contributed by atoms with Crippen molar-refractivity contribution in [3.05, 3.63) is 30.6 Å². The van der Waals surface area contributed by atoms with Crippen molar-refractivity contribution in [3.63, 3.8) is 0 Å². The number of aromatic nitrogens is 5. The van der Waals surface area contributed by atoms with Crippen LogP contribution < -0.4 is 4.90 Å². The Morgan fingerprint density at radius 2 is 1.97 bits per heavy atom. The maximum atomic E-state index is 12.7. The maximum Gasteiger partial charge on any atom is 0.252 e. The van der Waals surface area contributed by atoms with Crippen LogP contribution in [0.1, 0.15) is 44.9 Å². The van der Waals surface area contributed by atoms with E-state index in [4.69, 9.17) is 0 Å². The van der Waals surface area contributed by atoms with Gasteiger partial charge in [0.1, 0.15) is 0 Å². The quantitative estimate of drug-likeness (QED) is 0.437. The van der Waals surface area contributed by atoms with Crippen LogP contribution in [0.5, 0.6) is 0 Å². The van der Waals surface area contributed by atoms with Gasteiger partial charge in [0, 0.05) is 30.9 Å². The largest absolute Gasteiger partial charge is 0.279 e. The molecule has 3 aromatic rings. The lowest BCUT2D eigenvalue weighted by Gasteiger charge is -2.40. The first-order chi connectivity index (χ1) is 16.9. The number of carbonyl (C=O) groups is 1. The highest BCUT2D eigenvalue weighted by Crippen LogP contribution is 2.38. The summed E-state index contributed by atoms with van der Waals surface area (Å²) >= 11 is 0. The Bertz CT molecular complexity index is 1420. The lowest BCUT2D eigenvalue weighted by molar-refractivity contribution is -0.107. The molecule has 0 unspecified atom stereocenters. The van der Waals surface area contributed by atoms with Crippen LogP contribution in [0.4, 0.5) is 5.95 Å². The van der Waals surface area contributed by atoms with Crippen molar-refractivity contribution in [2.45, 2.75) is 61.8 Å². The number of pyridine rings is 1. The van der Waals surface area contributed by atoms with E-state index in [1.165, 1.54) is 0 Å². The predicted molar refractivity (Wildman–Crippen MR) is 127 cm³/mol. The first-order valence-corrected chi connectivity index (χ1v) is 13.5. The number of hydrogen-bond donors (Lipinski definition) is 0. The fraction of sp³-hybridized carbons (Fsp3) is 0.522. The van der Waals surface area contributed by atoms with E-state index in [9.17, 15) is 18.5 Å². The molecule has 0 bridgehead atoms. The van der Waals surface area contributed by atoms with E-state index in [1.54, 1.807) is 19.9 Å². The number of nitrogens with zero attached hydrogens (tertiary/aromatic N) is 8. The number of carbonyl (C=O) groups excluding carboxylic acids is 1. The zero-order valence-electron chi connectivity index (χ0n) is 19.2. The number of rotatable bonds is 8. The average Bonchev–Trinajstić information content (AvgIpc) is 3.78. The number of fused-ring (bicyclic) bond motifs is 1. The molecule has 0 atom stereocenters. The fourth-order valence-electron chi connectivity index (χ4n) is 4.95. The van der Waals surface area contributed by atoms with E-state index >= 15 is 0 Å². The third kappa shape index (κ3) is 3.79. The van der Waals surface area contributed by atoms with Gasteiger partial charge < -0.3 is 0 Å². The van der Waals surface area contributed by atoms with Crippen molar-refractivity contribution in [3.8, 4) is 17.3 Å². The lowest BCUT2D eigenvalue weighted by Crippen LogP contribution is -2.48. The first-order valence-electron chi connectivity index (χ1n) is 12.0. The van der Waals surface area contributed by atoms with Gasteiger partial charge >= 0.3 is 0 Å². The van der Waals surface area contributed by atoms with E-state index in [-0.39, 0.29) is 17.7 Å². The molecule has 35 heavy (non-hydrogen) atoms. The van der Waals surface area contributed by atoms with Crippen molar-refractivity contribution in [1.82, 2.24) is 28.7 Å². The van der Waals surface area contributed by atoms with Crippen LogP contribution >= 0.6 is 0 Å². The van der Waals surface area contributed by atoms with Crippen molar-refractivity contribution in [1.29, 1.82) is 5.26 Å². The zero-order valence-corrected chi connectivity index (χ0v) is 20.0. The number of hydrogen-bond acceptors (Lipinski definition) is 7. The van der Waals surface area contributed by atoms with Crippen LogP contribution in [0.3, 0.4) is 0 Å². The van der Waals surface area contributed by atoms with Crippen LogP contribution in [0.15, 0.2) is 30.6 Å². The first kappa shape index (κ1) is 22.2. The summed E-state index contributed by atoms with van der Waals surface area (Å²) in [5.41, 5.74) is 1.64. The lowest BCUT2D eigenvalue weighted by atomic mass is 9.85.